The molecule has 6 aromatic carbocycles. The van der Waals surface area contributed by atoms with E-state index in [9.17, 15) is 33.6 Å². The van der Waals surface area contributed by atoms with Crippen molar-refractivity contribution in [1.82, 2.24) is 61.6 Å². The van der Waals surface area contributed by atoms with Crippen molar-refractivity contribution < 1.29 is 14.2 Å². The summed E-state index contributed by atoms with van der Waals surface area (Å²) in [6.07, 6.45) is 1.25. The van der Waals surface area contributed by atoms with Gasteiger partial charge in [-0.15, -0.1) is 0 Å². The number of fused-ring (bicyclic) bond motifs is 4. The van der Waals surface area contributed by atoms with Crippen molar-refractivity contribution in [1.29, 1.82) is 0 Å². The SMILES string of the molecule is CC.CC.CC.CC.CC.CC.CC.CC.CC.CC.CC.CC.CC.CC.CC.CC.CC.CC.CC(C)C(=O)c1ccccc1.CCC.CCn1c(C)c(C)c(=O)n2c(C)c(-c3ccccc3)[n+](C)c12.Cc1[nH]c2nc(-c3ccccc3)c(C)n2c(=O)c1C.Cc1[nH]c2nc(-c3ccccc3)c(C)n2c(=O)c1C.Cc1c(C)n(C(C)C(=O)c2ccccc2)c2nc(-c3ccccc3)c(C)n2c1=O.Cc1nc(N)[nH]c(=O)c1C. The second kappa shape index (κ2) is 93.5. The Balaban J connectivity index is -0.000000185. The summed E-state index contributed by atoms with van der Waals surface area (Å²) in [6.45, 7) is 111. The molecule has 0 radical (unpaired) electrons. The van der Waals surface area contributed by atoms with Crippen LogP contribution in [-0.2, 0) is 13.6 Å². The number of carbonyl (C=O) groups excluding carboxylic acids is 2. The Morgan fingerprint density at radius 1 is 0.315 bits per heavy atom. The van der Waals surface area contributed by atoms with Gasteiger partial charge in [-0.2, -0.15) is 4.40 Å². The van der Waals surface area contributed by atoms with Crippen LogP contribution in [0.2, 0.25) is 0 Å². The molecule has 15 aromatic rings. The molecule has 15 rings (SSSR count). The van der Waals surface area contributed by atoms with Gasteiger partial charge in [-0.25, -0.2) is 42.3 Å². The number of nitrogens with zero attached hydrogens (tertiary/aromatic N) is 11. The molecular weight excluding hydrogens is 1850 g/mol. The molecule has 5 N–H and O–H groups in total. The minimum absolute atomic E-state index is 0.00145. The van der Waals surface area contributed by atoms with E-state index in [1.807, 2.05) is 532 Å². The quantitative estimate of drug-likeness (QED) is 0.0735. The van der Waals surface area contributed by atoms with E-state index in [2.05, 4.69) is 71.9 Å². The Labute approximate surface area is 905 Å². The third kappa shape index (κ3) is 45.5. The number of nitrogens with one attached hydrogen (secondary N) is 3. The molecule has 0 saturated heterocycles. The van der Waals surface area contributed by atoms with Gasteiger partial charge in [0, 0.05) is 84.3 Å². The van der Waals surface area contributed by atoms with Crippen LogP contribution < -0.4 is 38.1 Å². The molecular formula is C127H212N15O7+. The molecule has 1 unspecified atom stereocenters. The third-order valence-corrected chi connectivity index (χ3v) is 20.3. The van der Waals surface area contributed by atoms with E-state index in [1.54, 1.807) is 34.0 Å². The largest absolute Gasteiger partial charge is 0.372 e. The molecule has 22 nitrogen and oxygen atoms in total. The van der Waals surface area contributed by atoms with Gasteiger partial charge in [-0.05, 0) is 111 Å². The van der Waals surface area contributed by atoms with Crippen LogP contribution in [0.4, 0.5) is 5.95 Å². The number of nitrogens with two attached hydrogens (primary N) is 1. The van der Waals surface area contributed by atoms with Crippen LogP contribution in [0.1, 0.15) is 403 Å². The number of hydrogen-bond donors (Lipinski definition) is 4. The van der Waals surface area contributed by atoms with Crippen molar-refractivity contribution in [2.75, 3.05) is 5.73 Å². The fourth-order valence-corrected chi connectivity index (χ4v) is 13.4. The maximum absolute atomic E-state index is 13.2. The number of nitrogen functional groups attached to an aromatic ring is 1. The standard InChI is InChI=1S/C24H23N3O2.C18H22N3O.2C15H15N3O.C10H12O.C6H9N3O.C3H8.18C2H6/c1-15-16(2)26(18(4)22(28)20-13-9-6-10-14-20)24-25-21(17(3)27(24)23(15)29)19-11-7-5-8-12-19;1-6-20-13(3)12(2)17(22)21-14(4)16(19(5)18(20)21)15-10-8-7-9-11-15;2*1-9-10(2)16-15-17-13(11(3)18(15)14(9)19)12-7-5-4-6-8-12;1-8(2)10(11)9-6-4-3-5-7-9;1-3-4(2)8-6(7)9-5(3)10;1-3-2;18*1-2/h5-14,18H,1-4H3;7-11H,6H2,1-5H3;2*4-8H,1-3H3,(H,16,17);3-8H,1-2H3;1-2H3,(H3,7,8,9,10);3H2,1-2H3;18*1-2H3/q;+1;;;;;;;;;;;;;;;;;;;;;;;. The third-order valence-electron chi connectivity index (χ3n) is 20.3. The summed E-state index contributed by atoms with van der Waals surface area (Å²) in [7, 11) is 2.03. The lowest BCUT2D eigenvalue weighted by Gasteiger charge is -2.20. The molecule has 1 atom stereocenters. The number of benzene rings is 6. The number of ketones is 2. The van der Waals surface area contributed by atoms with Crippen LogP contribution in [0.3, 0.4) is 0 Å². The first-order valence-electron chi connectivity index (χ1n) is 55.9. The van der Waals surface area contributed by atoms with Crippen molar-refractivity contribution in [3.63, 3.8) is 0 Å². The molecule has 0 amide bonds. The van der Waals surface area contributed by atoms with Gasteiger partial charge in [-0.3, -0.25) is 38.5 Å². The number of anilines is 1. The summed E-state index contributed by atoms with van der Waals surface area (Å²) < 4.78 is 13.0. The molecule has 0 aliphatic carbocycles. The smallest absolute Gasteiger partial charge is 0.369 e. The highest BCUT2D eigenvalue weighted by Crippen LogP contribution is 2.29. The minimum atomic E-state index is -0.496. The van der Waals surface area contributed by atoms with E-state index in [1.165, 1.54) is 6.42 Å². The van der Waals surface area contributed by atoms with Gasteiger partial charge in [-0.1, -0.05) is 465 Å². The molecule has 0 spiro atoms. The van der Waals surface area contributed by atoms with Crippen LogP contribution in [0.5, 0.6) is 0 Å². The first-order chi connectivity index (χ1) is 71.8. The minimum Gasteiger partial charge on any atom is -0.369 e. The van der Waals surface area contributed by atoms with Gasteiger partial charge >= 0.3 is 11.3 Å². The number of Topliss-reactive ketones (excluding diaryl/α,β-unsaturated/α-hetero) is 2. The predicted molar refractivity (Wildman–Crippen MR) is 658 cm³/mol. The number of aryl methyl sites for hydroxylation is 9. The van der Waals surface area contributed by atoms with Crippen LogP contribution in [0.25, 0.3) is 68.1 Å². The number of carbonyl (C=O) groups is 2. The normalized spacial score (nSPS) is 9.14. The lowest BCUT2D eigenvalue weighted by molar-refractivity contribution is -0.636. The highest BCUT2D eigenvalue weighted by Gasteiger charge is 2.29. The van der Waals surface area contributed by atoms with Crippen molar-refractivity contribution in [2.45, 2.75) is 407 Å². The summed E-state index contributed by atoms with van der Waals surface area (Å²) in [5, 5.41) is 0. The number of hydrogen-bond acceptors (Lipinski definition) is 12. The van der Waals surface area contributed by atoms with Gasteiger partial charge in [0.1, 0.15) is 11.4 Å². The van der Waals surface area contributed by atoms with Crippen LogP contribution in [0, 0.1) is 103 Å². The summed E-state index contributed by atoms with van der Waals surface area (Å²) in [5.41, 5.74) is 25.4. The molecule has 836 valence electrons. The zero-order valence-electron chi connectivity index (χ0n) is 105. The van der Waals surface area contributed by atoms with E-state index >= 15 is 0 Å². The molecule has 0 aliphatic heterocycles. The highest BCUT2D eigenvalue weighted by molar-refractivity contribution is 5.99. The highest BCUT2D eigenvalue weighted by atomic mass is 16.2. The molecule has 0 fully saturated rings. The molecule has 149 heavy (non-hydrogen) atoms. The first-order valence-corrected chi connectivity index (χ1v) is 55.9. The van der Waals surface area contributed by atoms with Crippen molar-refractivity contribution in [3.8, 4) is 45.0 Å². The zero-order valence-corrected chi connectivity index (χ0v) is 105. The molecule has 0 bridgehead atoms. The second-order valence-corrected chi connectivity index (χ2v) is 28.3. The lowest BCUT2D eigenvalue weighted by atomic mass is 10.0. The van der Waals surface area contributed by atoms with Crippen LogP contribution in [-0.4, -0.2) is 73.2 Å². The summed E-state index contributed by atoms with van der Waals surface area (Å²) in [6, 6.07) is 57.9. The average Bonchev–Trinajstić information content (AvgIpc) is 1.59. The number of H-pyrrole nitrogens is 3. The summed E-state index contributed by atoms with van der Waals surface area (Å²) >= 11 is 0. The Hall–Kier alpha value is -13.0. The summed E-state index contributed by atoms with van der Waals surface area (Å²) in [5.74, 6) is 3.10. The van der Waals surface area contributed by atoms with Crippen molar-refractivity contribution >= 4 is 40.6 Å². The lowest BCUT2D eigenvalue weighted by Crippen LogP contribution is -2.35. The van der Waals surface area contributed by atoms with E-state index in [-0.39, 0.29) is 51.2 Å². The van der Waals surface area contributed by atoms with Gasteiger partial charge < -0.3 is 20.3 Å². The molecule has 9 heterocycles. The van der Waals surface area contributed by atoms with Gasteiger partial charge in [0.15, 0.2) is 11.6 Å². The number of rotatable bonds is 10. The Morgan fingerprint density at radius 3 is 0.886 bits per heavy atom. The summed E-state index contributed by atoms with van der Waals surface area (Å²) in [4.78, 5) is 112. The van der Waals surface area contributed by atoms with E-state index in [4.69, 9.17) is 10.7 Å². The van der Waals surface area contributed by atoms with Crippen LogP contribution >= 0.6 is 0 Å². The Morgan fingerprint density at radius 2 is 0.584 bits per heavy atom. The van der Waals surface area contributed by atoms with Crippen LogP contribution in [0.15, 0.2) is 206 Å². The monoisotopic (exact) mass is 2060 g/mol. The van der Waals surface area contributed by atoms with Gasteiger partial charge in [0.05, 0.1) is 65.1 Å². The number of imidazole rings is 4. The maximum Gasteiger partial charge on any atom is 0.372 e. The van der Waals surface area contributed by atoms with E-state index in [0.717, 1.165) is 125 Å². The van der Waals surface area contributed by atoms with Crippen molar-refractivity contribution in [2.24, 2.45) is 13.0 Å². The second-order valence-electron chi connectivity index (χ2n) is 28.3. The topological polar surface area (TPSA) is 276 Å². The first kappa shape index (κ1) is 156. The average molecular weight is 2060 g/mol. The predicted octanol–water partition coefficient (Wildman–Crippen LogP) is 34.7. The fraction of sp³-hybridized carbons (Fsp3) is 0.480. The fourth-order valence-electron chi connectivity index (χ4n) is 13.4. The Bertz CT molecular complexity index is 6110. The Kier molecular flexibility index (Phi) is 98.0. The maximum atomic E-state index is 13.2. The van der Waals surface area contributed by atoms with Gasteiger partial charge in [0.2, 0.25) is 23.3 Å². The van der Waals surface area contributed by atoms with Gasteiger partial charge in [0.25, 0.3) is 22.2 Å². The van der Waals surface area contributed by atoms with E-state index < -0.39 is 6.04 Å². The number of aromatic nitrogens is 14. The van der Waals surface area contributed by atoms with E-state index in [0.29, 0.717) is 39.7 Å². The number of aromatic amines is 3. The van der Waals surface area contributed by atoms with Crippen molar-refractivity contribution in [3.05, 3.63) is 324 Å². The molecule has 9 aromatic heterocycles. The zero-order chi connectivity index (χ0) is 119. The molecule has 22 heteroatoms. The molecule has 0 aliphatic rings. The molecule has 0 saturated carbocycles.